The summed E-state index contributed by atoms with van der Waals surface area (Å²) in [5.41, 5.74) is 5.63. The lowest BCUT2D eigenvalue weighted by Crippen LogP contribution is -2.32. The van der Waals surface area contributed by atoms with Crippen LogP contribution in [-0.4, -0.2) is 48.1 Å². The average Bonchev–Trinajstić information content (AvgIpc) is 3.44. The van der Waals surface area contributed by atoms with Crippen LogP contribution < -0.4 is 0 Å². The van der Waals surface area contributed by atoms with Gasteiger partial charge in [-0.3, -0.25) is 9.79 Å². The molecule has 0 N–H and O–H groups in total. The molecule has 170 valence electrons. The lowest BCUT2D eigenvalue weighted by Gasteiger charge is -2.29. The lowest BCUT2D eigenvalue weighted by molar-refractivity contribution is -0.130. The maximum Gasteiger partial charge on any atom is 0.222 e. The largest absolute Gasteiger partial charge is 0.464 e. The summed E-state index contributed by atoms with van der Waals surface area (Å²) in [6.45, 7) is 5.75. The van der Waals surface area contributed by atoms with E-state index in [2.05, 4.69) is 58.1 Å². The number of hydrogen-bond acceptors (Lipinski definition) is 4. The van der Waals surface area contributed by atoms with E-state index < -0.39 is 0 Å². The van der Waals surface area contributed by atoms with Crippen molar-refractivity contribution in [3.63, 3.8) is 0 Å². The molecule has 2 aromatic carbocycles. The molecule has 1 aromatic heterocycles. The molecular formula is C28H31N3O2. The van der Waals surface area contributed by atoms with Gasteiger partial charge in [0.2, 0.25) is 5.91 Å². The Labute approximate surface area is 195 Å². The Kier molecular flexibility index (Phi) is 6.29. The standard InChI is InChI=1S/C28H31N3O2/c1-2-4-28(32)31-15-11-21(20-31)19-30-14-3-13-29-18-26(30)23-7-5-22(6-8-23)24-9-10-27-25(17-24)12-16-33-27/h5-10,12-13,16-18,21H,2-4,11,14-15,19-20H2,1H3. The molecule has 1 unspecified atom stereocenters. The third kappa shape index (κ3) is 4.72. The predicted octanol–water partition coefficient (Wildman–Crippen LogP) is 5.82. The molecule has 1 amide bonds. The second kappa shape index (κ2) is 9.65. The first-order chi connectivity index (χ1) is 16.2. The van der Waals surface area contributed by atoms with Crippen LogP contribution in [0, 0.1) is 5.92 Å². The summed E-state index contributed by atoms with van der Waals surface area (Å²) in [4.78, 5) is 21.3. The number of likely N-dealkylation sites (tertiary alicyclic amines) is 1. The molecule has 1 saturated heterocycles. The van der Waals surface area contributed by atoms with Crippen LogP contribution in [0.5, 0.6) is 0 Å². The summed E-state index contributed by atoms with van der Waals surface area (Å²) in [5, 5.41) is 1.12. The third-order valence-electron chi connectivity index (χ3n) is 6.72. The maximum atomic E-state index is 12.3. The topological polar surface area (TPSA) is 49.1 Å². The van der Waals surface area contributed by atoms with Crippen LogP contribution in [0.4, 0.5) is 0 Å². The van der Waals surface area contributed by atoms with Crippen molar-refractivity contribution in [1.82, 2.24) is 9.80 Å². The molecule has 0 bridgehead atoms. The van der Waals surface area contributed by atoms with Gasteiger partial charge in [-0.05, 0) is 53.6 Å². The predicted molar refractivity (Wildman–Crippen MR) is 134 cm³/mol. The quantitative estimate of drug-likeness (QED) is 0.484. The van der Waals surface area contributed by atoms with E-state index in [1.165, 1.54) is 22.4 Å². The van der Waals surface area contributed by atoms with E-state index in [0.717, 1.165) is 56.4 Å². The number of carbonyl (C=O) groups excluding carboxylic acids is 1. The zero-order valence-electron chi connectivity index (χ0n) is 19.2. The summed E-state index contributed by atoms with van der Waals surface area (Å²) in [6, 6.07) is 17.1. The Morgan fingerprint density at radius 1 is 1.06 bits per heavy atom. The molecule has 5 nitrogen and oxygen atoms in total. The van der Waals surface area contributed by atoms with Gasteiger partial charge in [0, 0.05) is 50.6 Å². The van der Waals surface area contributed by atoms with E-state index in [-0.39, 0.29) is 0 Å². The molecule has 5 heteroatoms. The molecular weight excluding hydrogens is 410 g/mol. The lowest BCUT2D eigenvalue weighted by atomic mass is 10.0. The van der Waals surface area contributed by atoms with Gasteiger partial charge in [0.15, 0.2) is 0 Å². The monoisotopic (exact) mass is 441 g/mol. The van der Waals surface area contributed by atoms with Gasteiger partial charge < -0.3 is 14.2 Å². The highest BCUT2D eigenvalue weighted by Crippen LogP contribution is 2.29. The van der Waals surface area contributed by atoms with E-state index in [9.17, 15) is 4.79 Å². The number of nitrogens with zero attached hydrogens (tertiary/aromatic N) is 3. The van der Waals surface area contributed by atoms with E-state index in [0.29, 0.717) is 18.2 Å². The Balaban J connectivity index is 1.31. The molecule has 3 aromatic rings. The fraction of sp³-hybridized carbons (Fsp3) is 0.357. The molecule has 0 saturated carbocycles. The zero-order chi connectivity index (χ0) is 22.6. The van der Waals surface area contributed by atoms with Crippen LogP contribution >= 0.6 is 0 Å². The Hall–Kier alpha value is -3.34. The van der Waals surface area contributed by atoms with Crippen LogP contribution in [0.25, 0.3) is 27.8 Å². The van der Waals surface area contributed by atoms with Gasteiger partial charge in [0.1, 0.15) is 5.58 Å². The number of amides is 1. The van der Waals surface area contributed by atoms with Crippen molar-refractivity contribution in [2.24, 2.45) is 10.9 Å². The average molecular weight is 442 g/mol. The summed E-state index contributed by atoms with van der Waals surface area (Å²) in [5.74, 6) is 0.812. The molecule has 0 radical (unpaired) electrons. The third-order valence-corrected chi connectivity index (χ3v) is 6.72. The van der Waals surface area contributed by atoms with Crippen LogP contribution in [0.3, 0.4) is 0 Å². The molecule has 0 spiro atoms. The minimum Gasteiger partial charge on any atom is -0.464 e. The SMILES string of the molecule is CCCC(=O)N1CCC(CN2CCC=NC=C2c2ccc(-c3ccc4occc4c3)cc2)C1. The first-order valence-electron chi connectivity index (χ1n) is 12.0. The normalized spacial score (nSPS) is 18.6. The fourth-order valence-corrected chi connectivity index (χ4v) is 4.93. The molecule has 2 aliphatic rings. The highest BCUT2D eigenvalue weighted by atomic mass is 16.3. The van der Waals surface area contributed by atoms with Gasteiger partial charge in [-0.15, -0.1) is 0 Å². The first-order valence-corrected chi connectivity index (χ1v) is 12.0. The number of aliphatic imine (C=N–C) groups is 1. The second-order valence-electron chi connectivity index (χ2n) is 9.08. The van der Waals surface area contributed by atoms with Crippen LogP contribution in [0.15, 0.2) is 70.4 Å². The van der Waals surface area contributed by atoms with Gasteiger partial charge >= 0.3 is 0 Å². The summed E-state index contributed by atoms with van der Waals surface area (Å²) in [7, 11) is 0. The summed E-state index contributed by atoms with van der Waals surface area (Å²) < 4.78 is 5.47. The van der Waals surface area contributed by atoms with Crippen molar-refractivity contribution in [1.29, 1.82) is 0 Å². The van der Waals surface area contributed by atoms with Crippen LogP contribution in [-0.2, 0) is 4.79 Å². The van der Waals surface area contributed by atoms with Gasteiger partial charge in [-0.25, -0.2) is 0 Å². The molecule has 2 aliphatic heterocycles. The Morgan fingerprint density at radius 2 is 1.88 bits per heavy atom. The zero-order valence-corrected chi connectivity index (χ0v) is 19.2. The van der Waals surface area contributed by atoms with E-state index in [4.69, 9.17) is 4.42 Å². The van der Waals surface area contributed by atoms with Crippen molar-refractivity contribution < 1.29 is 9.21 Å². The van der Waals surface area contributed by atoms with Gasteiger partial charge in [0.05, 0.1) is 18.2 Å². The Bertz CT molecular complexity index is 1180. The van der Waals surface area contributed by atoms with Crippen molar-refractivity contribution >= 4 is 28.8 Å². The number of furan rings is 1. The molecule has 0 aliphatic carbocycles. The minimum atomic E-state index is 0.305. The molecule has 1 fully saturated rings. The summed E-state index contributed by atoms with van der Waals surface area (Å²) >= 11 is 0. The van der Waals surface area contributed by atoms with Gasteiger partial charge in [-0.1, -0.05) is 37.3 Å². The molecule has 5 rings (SSSR count). The van der Waals surface area contributed by atoms with Crippen molar-refractivity contribution in [2.75, 3.05) is 26.2 Å². The molecule has 33 heavy (non-hydrogen) atoms. The number of rotatable bonds is 6. The maximum absolute atomic E-state index is 12.3. The highest BCUT2D eigenvalue weighted by molar-refractivity contribution is 5.84. The van der Waals surface area contributed by atoms with Crippen molar-refractivity contribution in [3.05, 3.63) is 66.6 Å². The van der Waals surface area contributed by atoms with Crippen LogP contribution in [0.2, 0.25) is 0 Å². The van der Waals surface area contributed by atoms with Gasteiger partial charge in [0.25, 0.3) is 0 Å². The van der Waals surface area contributed by atoms with Crippen LogP contribution in [0.1, 0.15) is 38.2 Å². The molecule has 3 heterocycles. The fourth-order valence-electron chi connectivity index (χ4n) is 4.93. The van der Waals surface area contributed by atoms with Crippen molar-refractivity contribution in [2.45, 2.75) is 32.6 Å². The van der Waals surface area contributed by atoms with E-state index >= 15 is 0 Å². The number of fused-ring (bicyclic) bond motifs is 1. The Morgan fingerprint density at radius 3 is 2.73 bits per heavy atom. The number of benzene rings is 2. The van der Waals surface area contributed by atoms with Crippen molar-refractivity contribution in [3.8, 4) is 11.1 Å². The second-order valence-corrected chi connectivity index (χ2v) is 9.08. The number of carbonyl (C=O) groups is 1. The highest BCUT2D eigenvalue weighted by Gasteiger charge is 2.28. The van der Waals surface area contributed by atoms with E-state index in [1.54, 1.807) is 6.26 Å². The first kappa shape index (κ1) is 21.5. The summed E-state index contributed by atoms with van der Waals surface area (Å²) in [6.07, 6.45) is 9.32. The molecule has 1 atom stereocenters. The smallest absolute Gasteiger partial charge is 0.222 e. The minimum absolute atomic E-state index is 0.305. The number of hydrogen-bond donors (Lipinski definition) is 0. The van der Waals surface area contributed by atoms with E-state index in [1.807, 2.05) is 24.5 Å². The van der Waals surface area contributed by atoms with Gasteiger partial charge in [-0.2, -0.15) is 0 Å².